The molecule has 1 fully saturated rings. The maximum absolute atomic E-state index is 13.5. The molecule has 1 aromatic carbocycles. The second-order valence-corrected chi connectivity index (χ2v) is 4.54. The fourth-order valence-electron chi connectivity index (χ4n) is 2.37. The number of hydrogen-bond acceptors (Lipinski definition) is 3. The van der Waals surface area contributed by atoms with Crippen molar-refractivity contribution in [2.45, 2.75) is 18.9 Å². The van der Waals surface area contributed by atoms with Crippen molar-refractivity contribution in [3.05, 3.63) is 40.7 Å². The van der Waals surface area contributed by atoms with E-state index in [4.69, 9.17) is 0 Å². The van der Waals surface area contributed by atoms with Crippen molar-refractivity contribution < 1.29 is 9.18 Å². The van der Waals surface area contributed by atoms with Gasteiger partial charge in [0.25, 0.3) is 5.56 Å². The molecule has 6 heteroatoms. The summed E-state index contributed by atoms with van der Waals surface area (Å²) in [7, 11) is 0. The Labute approximate surface area is 108 Å². The molecule has 3 rings (SSSR count). The highest BCUT2D eigenvalue weighted by molar-refractivity contribution is 5.82. The van der Waals surface area contributed by atoms with E-state index in [2.05, 4.69) is 10.3 Å². The zero-order valence-corrected chi connectivity index (χ0v) is 10.1. The molecule has 0 spiro atoms. The minimum absolute atomic E-state index is 0.0416. The average molecular weight is 261 g/mol. The van der Waals surface area contributed by atoms with Gasteiger partial charge in [-0.05, 0) is 25.0 Å². The van der Waals surface area contributed by atoms with Crippen molar-refractivity contribution in [2.24, 2.45) is 0 Å². The summed E-state index contributed by atoms with van der Waals surface area (Å²) in [4.78, 5) is 28.0. The van der Waals surface area contributed by atoms with Gasteiger partial charge < -0.3 is 5.32 Å². The minimum Gasteiger partial charge on any atom is -0.354 e. The maximum atomic E-state index is 13.5. The van der Waals surface area contributed by atoms with Gasteiger partial charge in [-0.3, -0.25) is 14.2 Å². The molecular formula is C13H12FN3O2. The fraction of sp³-hybridized carbons (Fsp3) is 0.308. The topological polar surface area (TPSA) is 64.0 Å². The van der Waals surface area contributed by atoms with E-state index in [0.717, 1.165) is 6.42 Å². The van der Waals surface area contributed by atoms with Crippen molar-refractivity contribution in [1.82, 2.24) is 14.9 Å². The van der Waals surface area contributed by atoms with E-state index in [-0.39, 0.29) is 22.4 Å². The average Bonchev–Trinajstić information content (AvgIpc) is 2.41. The van der Waals surface area contributed by atoms with Crippen LogP contribution in [0.1, 0.15) is 18.9 Å². The van der Waals surface area contributed by atoms with Gasteiger partial charge in [-0.2, -0.15) is 0 Å². The first-order valence-electron chi connectivity index (χ1n) is 6.11. The minimum atomic E-state index is -0.554. The zero-order valence-electron chi connectivity index (χ0n) is 10.1. The third-order valence-electron chi connectivity index (χ3n) is 3.35. The molecule has 2 aromatic rings. The Morgan fingerprint density at radius 1 is 1.37 bits per heavy atom. The van der Waals surface area contributed by atoms with Gasteiger partial charge in [-0.25, -0.2) is 9.37 Å². The second-order valence-electron chi connectivity index (χ2n) is 4.54. The molecule has 1 atom stereocenters. The van der Waals surface area contributed by atoms with Crippen LogP contribution in [0, 0.1) is 5.82 Å². The molecule has 0 bridgehead atoms. The van der Waals surface area contributed by atoms with Gasteiger partial charge in [0.15, 0.2) is 0 Å². The Morgan fingerprint density at radius 3 is 3.00 bits per heavy atom. The van der Waals surface area contributed by atoms with Gasteiger partial charge in [-0.1, -0.05) is 6.07 Å². The van der Waals surface area contributed by atoms with E-state index >= 15 is 0 Å². The molecule has 1 aliphatic heterocycles. The number of aromatic nitrogens is 2. The molecule has 1 aromatic heterocycles. The highest BCUT2D eigenvalue weighted by Crippen LogP contribution is 2.17. The van der Waals surface area contributed by atoms with Crippen LogP contribution in [0.15, 0.2) is 29.3 Å². The van der Waals surface area contributed by atoms with Gasteiger partial charge in [0.1, 0.15) is 17.4 Å². The third-order valence-corrected chi connectivity index (χ3v) is 3.35. The second kappa shape index (κ2) is 4.46. The number of rotatable bonds is 1. The van der Waals surface area contributed by atoms with E-state index < -0.39 is 11.9 Å². The molecule has 98 valence electrons. The number of amides is 1. The summed E-state index contributed by atoms with van der Waals surface area (Å²) in [6.07, 6.45) is 2.65. The SMILES string of the molecule is O=C1NCCCC1n1cnc2c(F)cccc2c1=O. The summed E-state index contributed by atoms with van der Waals surface area (Å²) in [5.74, 6) is -0.722. The lowest BCUT2D eigenvalue weighted by Gasteiger charge is -2.23. The van der Waals surface area contributed by atoms with Crippen LogP contribution in [0.2, 0.25) is 0 Å². The molecule has 0 radical (unpaired) electrons. The molecule has 1 aliphatic rings. The van der Waals surface area contributed by atoms with E-state index in [1.807, 2.05) is 0 Å². The summed E-state index contributed by atoms with van der Waals surface area (Å²) >= 11 is 0. The molecule has 2 heterocycles. The summed E-state index contributed by atoms with van der Waals surface area (Å²) in [6.45, 7) is 0.625. The van der Waals surface area contributed by atoms with Crippen LogP contribution in [0.4, 0.5) is 4.39 Å². The maximum Gasteiger partial charge on any atom is 0.262 e. The third kappa shape index (κ3) is 1.89. The molecule has 1 unspecified atom stereocenters. The lowest BCUT2D eigenvalue weighted by atomic mass is 10.1. The standard InChI is InChI=1S/C13H12FN3O2/c14-9-4-1-3-8-11(9)16-7-17(13(8)19)10-5-2-6-15-12(10)18/h1,3-4,7,10H,2,5-6H2,(H,15,18). The van der Waals surface area contributed by atoms with E-state index in [1.54, 1.807) is 0 Å². The zero-order chi connectivity index (χ0) is 13.4. The number of hydrogen-bond donors (Lipinski definition) is 1. The van der Waals surface area contributed by atoms with E-state index in [1.165, 1.54) is 29.1 Å². The largest absolute Gasteiger partial charge is 0.354 e. The monoisotopic (exact) mass is 261 g/mol. The molecule has 1 amide bonds. The number of benzene rings is 1. The molecule has 19 heavy (non-hydrogen) atoms. The van der Waals surface area contributed by atoms with Crippen LogP contribution < -0.4 is 10.9 Å². The predicted octanol–water partition coefficient (Wildman–Crippen LogP) is 0.987. The van der Waals surface area contributed by atoms with E-state index in [0.29, 0.717) is 13.0 Å². The van der Waals surface area contributed by atoms with Gasteiger partial charge in [-0.15, -0.1) is 0 Å². The molecule has 0 aliphatic carbocycles. The number of nitrogens with one attached hydrogen (secondary N) is 1. The number of piperidine rings is 1. The van der Waals surface area contributed by atoms with Gasteiger partial charge in [0, 0.05) is 6.54 Å². The molecule has 1 N–H and O–H groups in total. The summed E-state index contributed by atoms with van der Waals surface area (Å²) in [6, 6.07) is 3.69. The molecule has 1 saturated heterocycles. The Bertz CT molecular complexity index is 711. The number of carbonyl (C=O) groups is 1. The van der Waals surface area contributed by atoms with Crippen molar-refractivity contribution >= 4 is 16.8 Å². The van der Waals surface area contributed by atoms with Crippen molar-refractivity contribution in [1.29, 1.82) is 0 Å². The first-order chi connectivity index (χ1) is 9.18. The lowest BCUT2D eigenvalue weighted by molar-refractivity contribution is -0.125. The van der Waals surface area contributed by atoms with Crippen LogP contribution >= 0.6 is 0 Å². The van der Waals surface area contributed by atoms with Gasteiger partial charge >= 0.3 is 0 Å². The van der Waals surface area contributed by atoms with Crippen LogP contribution in [0.3, 0.4) is 0 Å². The number of carbonyl (C=O) groups excluding carboxylic acids is 1. The quantitative estimate of drug-likeness (QED) is 0.832. The Kier molecular flexibility index (Phi) is 2.77. The smallest absolute Gasteiger partial charge is 0.262 e. The van der Waals surface area contributed by atoms with Crippen molar-refractivity contribution in [3.8, 4) is 0 Å². The first-order valence-corrected chi connectivity index (χ1v) is 6.11. The van der Waals surface area contributed by atoms with E-state index in [9.17, 15) is 14.0 Å². The Balaban J connectivity index is 2.18. The first kappa shape index (κ1) is 11.8. The summed E-state index contributed by atoms with van der Waals surface area (Å²) in [5, 5.41) is 2.91. The molecule has 0 saturated carbocycles. The predicted molar refractivity (Wildman–Crippen MR) is 67.2 cm³/mol. The normalized spacial score (nSPS) is 19.4. The highest BCUT2D eigenvalue weighted by Gasteiger charge is 2.25. The summed E-state index contributed by atoms with van der Waals surface area (Å²) < 4.78 is 14.8. The van der Waals surface area contributed by atoms with Crippen molar-refractivity contribution in [3.63, 3.8) is 0 Å². The van der Waals surface area contributed by atoms with Gasteiger partial charge in [0.2, 0.25) is 5.91 Å². The Morgan fingerprint density at radius 2 is 2.21 bits per heavy atom. The van der Waals surface area contributed by atoms with Crippen molar-refractivity contribution in [2.75, 3.05) is 6.54 Å². The fourth-order valence-corrected chi connectivity index (χ4v) is 2.37. The lowest BCUT2D eigenvalue weighted by Crippen LogP contribution is -2.41. The highest BCUT2D eigenvalue weighted by atomic mass is 19.1. The Hall–Kier alpha value is -2.24. The summed E-state index contributed by atoms with van der Waals surface area (Å²) in [5.41, 5.74) is -0.341. The number of halogens is 1. The van der Waals surface area contributed by atoms with Crippen LogP contribution in [-0.2, 0) is 4.79 Å². The van der Waals surface area contributed by atoms with Crippen LogP contribution in [-0.4, -0.2) is 22.0 Å². The van der Waals surface area contributed by atoms with Gasteiger partial charge in [0.05, 0.1) is 11.7 Å². The number of para-hydroxylation sites is 1. The van der Waals surface area contributed by atoms with Crippen LogP contribution in [0.5, 0.6) is 0 Å². The number of nitrogens with zero attached hydrogens (tertiary/aromatic N) is 2. The molecular weight excluding hydrogens is 249 g/mol. The molecule has 5 nitrogen and oxygen atoms in total. The van der Waals surface area contributed by atoms with Crippen LogP contribution in [0.25, 0.3) is 10.9 Å². The number of fused-ring (bicyclic) bond motifs is 1.